The van der Waals surface area contributed by atoms with Crippen LogP contribution in [-0.2, 0) is 0 Å². The van der Waals surface area contributed by atoms with Crippen molar-refractivity contribution in [2.24, 2.45) is 5.73 Å². The highest BCUT2D eigenvalue weighted by molar-refractivity contribution is 6.08. The van der Waals surface area contributed by atoms with E-state index >= 15 is 0 Å². The Labute approximate surface area is 110 Å². The number of primary amides is 1. The number of carboxylic acids is 1. The summed E-state index contributed by atoms with van der Waals surface area (Å²) in [6.45, 7) is 1.95. The Morgan fingerprint density at radius 2 is 1.68 bits per heavy atom. The van der Waals surface area contributed by atoms with Crippen molar-refractivity contribution in [1.29, 1.82) is 0 Å². The number of carbonyl (C=O) groups excluding carboxylic acids is 1. The predicted molar refractivity (Wildman–Crippen MR) is 72.1 cm³/mol. The molecule has 0 aromatic heterocycles. The van der Waals surface area contributed by atoms with E-state index in [-0.39, 0.29) is 11.1 Å². The smallest absolute Gasteiger partial charge is 0.336 e. The summed E-state index contributed by atoms with van der Waals surface area (Å²) in [6.07, 6.45) is 0. The third kappa shape index (κ3) is 2.47. The molecule has 2 aromatic carbocycles. The van der Waals surface area contributed by atoms with Gasteiger partial charge < -0.3 is 10.8 Å². The van der Waals surface area contributed by atoms with Gasteiger partial charge in [-0.05, 0) is 24.1 Å². The van der Waals surface area contributed by atoms with Gasteiger partial charge in [0.2, 0.25) is 5.91 Å². The lowest BCUT2D eigenvalue weighted by Crippen LogP contribution is -2.17. The molecule has 0 heterocycles. The van der Waals surface area contributed by atoms with E-state index in [4.69, 9.17) is 10.8 Å². The van der Waals surface area contributed by atoms with Crippen LogP contribution in [0.5, 0.6) is 0 Å². The standard InChI is InChI=1S/C15H13NO3/c1-9-5-7-10(8-6-9)11-3-2-4-12(15(18)19)13(11)14(16)17/h2-8H,1H3,(H2,16,17)(H,18,19). The number of aromatic carboxylic acids is 1. The van der Waals surface area contributed by atoms with Crippen LogP contribution in [-0.4, -0.2) is 17.0 Å². The van der Waals surface area contributed by atoms with Gasteiger partial charge in [0.05, 0.1) is 11.1 Å². The molecule has 2 rings (SSSR count). The highest BCUT2D eigenvalue weighted by Gasteiger charge is 2.18. The lowest BCUT2D eigenvalue weighted by molar-refractivity contribution is 0.0692. The Hall–Kier alpha value is -2.62. The number of hydrogen-bond donors (Lipinski definition) is 2. The van der Waals surface area contributed by atoms with Crippen LogP contribution in [0.1, 0.15) is 26.3 Å². The summed E-state index contributed by atoms with van der Waals surface area (Å²) in [5.74, 6) is -1.91. The van der Waals surface area contributed by atoms with Crippen molar-refractivity contribution in [2.75, 3.05) is 0 Å². The van der Waals surface area contributed by atoms with Crippen LogP contribution in [0.3, 0.4) is 0 Å². The quantitative estimate of drug-likeness (QED) is 0.884. The zero-order chi connectivity index (χ0) is 14.0. The van der Waals surface area contributed by atoms with Crippen LogP contribution in [0, 0.1) is 6.92 Å². The van der Waals surface area contributed by atoms with Crippen molar-refractivity contribution in [2.45, 2.75) is 6.92 Å². The lowest BCUT2D eigenvalue weighted by atomic mass is 9.94. The van der Waals surface area contributed by atoms with Gasteiger partial charge >= 0.3 is 5.97 Å². The van der Waals surface area contributed by atoms with E-state index in [0.29, 0.717) is 5.56 Å². The first-order valence-corrected chi connectivity index (χ1v) is 5.74. The number of aryl methyl sites for hydroxylation is 1. The number of carbonyl (C=O) groups is 2. The van der Waals surface area contributed by atoms with Crippen molar-refractivity contribution in [3.63, 3.8) is 0 Å². The fraction of sp³-hybridized carbons (Fsp3) is 0.0667. The zero-order valence-corrected chi connectivity index (χ0v) is 10.4. The Morgan fingerprint density at radius 3 is 2.21 bits per heavy atom. The van der Waals surface area contributed by atoms with Crippen molar-refractivity contribution in [1.82, 2.24) is 0 Å². The molecule has 0 saturated carbocycles. The molecule has 0 aliphatic carbocycles. The number of nitrogens with two attached hydrogens (primary N) is 1. The fourth-order valence-electron chi connectivity index (χ4n) is 1.97. The van der Waals surface area contributed by atoms with Gasteiger partial charge in [0.25, 0.3) is 0 Å². The van der Waals surface area contributed by atoms with Gasteiger partial charge in [0.15, 0.2) is 0 Å². The van der Waals surface area contributed by atoms with E-state index in [1.54, 1.807) is 12.1 Å². The van der Waals surface area contributed by atoms with E-state index in [1.165, 1.54) is 6.07 Å². The summed E-state index contributed by atoms with van der Waals surface area (Å²) in [6, 6.07) is 12.1. The first-order valence-electron chi connectivity index (χ1n) is 5.74. The highest BCUT2D eigenvalue weighted by Crippen LogP contribution is 2.26. The molecule has 0 unspecified atom stereocenters. The zero-order valence-electron chi connectivity index (χ0n) is 10.4. The van der Waals surface area contributed by atoms with Gasteiger partial charge in [0, 0.05) is 0 Å². The molecule has 0 aliphatic heterocycles. The van der Waals surface area contributed by atoms with Gasteiger partial charge in [-0.25, -0.2) is 4.79 Å². The molecule has 19 heavy (non-hydrogen) atoms. The van der Waals surface area contributed by atoms with Crippen molar-refractivity contribution < 1.29 is 14.7 Å². The van der Waals surface area contributed by atoms with E-state index < -0.39 is 11.9 Å². The molecule has 1 amide bonds. The average molecular weight is 255 g/mol. The van der Waals surface area contributed by atoms with Crippen molar-refractivity contribution >= 4 is 11.9 Å². The molecule has 0 spiro atoms. The Bertz CT molecular complexity index is 645. The predicted octanol–water partition coefficient (Wildman–Crippen LogP) is 2.46. The summed E-state index contributed by atoms with van der Waals surface area (Å²) in [5, 5.41) is 9.12. The molecule has 0 aliphatic rings. The first kappa shape index (κ1) is 12.8. The van der Waals surface area contributed by atoms with Gasteiger partial charge in [0.1, 0.15) is 0 Å². The minimum absolute atomic E-state index is 0.0406. The van der Waals surface area contributed by atoms with Crippen LogP contribution in [0.2, 0.25) is 0 Å². The minimum Gasteiger partial charge on any atom is -0.478 e. The van der Waals surface area contributed by atoms with Crippen LogP contribution in [0.15, 0.2) is 42.5 Å². The Kier molecular flexibility index (Phi) is 3.33. The monoisotopic (exact) mass is 255 g/mol. The summed E-state index contributed by atoms with van der Waals surface area (Å²) in [4.78, 5) is 22.7. The number of amides is 1. The van der Waals surface area contributed by atoms with Gasteiger partial charge in [-0.2, -0.15) is 0 Å². The van der Waals surface area contributed by atoms with Crippen molar-refractivity contribution in [3.05, 3.63) is 59.2 Å². The van der Waals surface area contributed by atoms with Crippen LogP contribution < -0.4 is 5.73 Å². The van der Waals surface area contributed by atoms with Crippen LogP contribution in [0.4, 0.5) is 0 Å². The second kappa shape index (κ2) is 4.94. The molecular weight excluding hydrogens is 242 g/mol. The molecule has 4 heteroatoms. The number of benzene rings is 2. The average Bonchev–Trinajstić information content (AvgIpc) is 2.38. The van der Waals surface area contributed by atoms with E-state index in [0.717, 1.165) is 11.1 Å². The first-order chi connectivity index (χ1) is 9.00. The molecule has 0 fully saturated rings. The normalized spacial score (nSPS) is 10.2. The number of rotatable bonds is 3. The minimum atomic E-state index is -1.16. The van der Waals surface area contributed by atoms with Crippen molar-refractivity contribution in [3.8, 4) is 11.1 Å². The third-order valence-electron chi connectivity index (χ3n) is 2.90. The second-order valence-corrected chi connectivity index (χ2v) is 4.26. The second-order valence-electron chi connectivity index (χ2n) is 4.26. The van der Waals surface area contributed by atoms with E-state index in [9.17, 15) is 9.59 Å². The molecule has 96 valence electrons. The summed E-state index contributed by atoms with van der Waals surface area (Å²) < 4.78 is 0. The van der Waals surface area contributed by atoms with E-state index in [2.05, 4.69) is 0 Å². The van der Waals surface area contributed by atoms with Gasteiger partial charge in [-0.15, -0.1) is 0 Å². The topological polar surface area (TPSA) is 80.4 Å². The highest BCUT2D eigenvalue weighted by atomic mass is 16.4. The fourth-order valence-corrected chi connectivity index (χ4v) is 1.97. The number of carboxylic acid groups (broad SMARTS) is 1. The molecule has 2 aromatic rings. The molecule has 4 nitrogen and oxygen atoms in total. The number of hydrogen-bond acceptors (Lipinski definition) is 2. The maximum Gasteiger partial charge on any atom is 0.336 e. The van der Waals surface area contributed by atoms with E-state index in [1.807, 2.05) is 31.2 Å². The van der Waals surface area contributed by atoms with Crippen LogP contribution in [0.25, 0.3) is 11.1 Å². The molecule has 0 bridgehead atoms. The van der Waals surface area contributed by atoms with Crippen LogP contribution >= 0.6 is 0 Å². The molecule has 0 atom stereocenters. The Morgan fingerprint density at radius 1 is 1.05 bits per heavy atom. The lowest BCUT2D eigenvalue weighted by Gasteiger charge is -2.10. The molecule has 0 radical (unpaired) electrons. The van der Waals surface area contributed by atoms with Gasteiger partial charge in [-0.3, -0.25) is 4.79 Å². The Balaban J connectivity index is 2.69. The molecule has 0 saturated heterocycles. The largest absolute Gasteiger partial charge is 0.478 e. The summed E-state index contributed by atoms with van der Waals surface area (Å²) in [5.41, 5.74) is 7.66. The molecular formula is C15H13NO3. The van der Waals surface area contributed by atoms with Gasteiger partial charge in [-0.1, -0.05) is 42.0 Å². The maximum atomic E-state index is 11.5. The molecule has 3 N–H and O–H groups in total. The third-order valence-corrected chi connectivity index (χ3v) is 2.90. The maximum absolute atomic E-state index is 11.5. The SMILES string of the molecule is Cc1ccc(-c2cccc(C(=O)O)c2C(N)=O)cc1. The summed E-state index contributed by atoms with van der Waals surface area (Å²) in [7, 11) is 0. The summed E-state index contributed by atoms with van der Waals surface area (Å²) >= 11 is 0.